The van der Waals surface area contributed by atoms with Crippen molar-refractivity contribution in [3.8, 4) is 0 Å². The van der Waals surface area contributed by atoms with Gasteiger partial charge in [-0.1, -0.05) is 190 Å². The molecule has 9 unspecified atom stereocenters. The van der Waals surface area contributed by atoms with E-state index >= 15 is 0 Å². The SMILES string of the molecule is CCCCCCCC/C=C/CC/C=C/CC/C=C/CCCC(O)C(O)C(COC1OC(CO)C(O)C(O)C1O)NC(=O)C(O)CCCCCCCC/C=C\C/C=C\CCCCCCCCCCC. The van der Waals surface area contributed by atoms with Crippen LogP contribution in [0.3, 0.4) is 0 Å². The van der Waals surface area contributed by atoms with E-state index in [-0.39, 0.29) is 12.8 Å². The van der Waals surface area contributed by atoms with Gasteiger partial charge in [0.25, 0.3) is 0 Å². The zero-order valence-electron chi connectivity index (χ0n) is 43.1. The first-order chi connectivity index (χ1) is 33.2. The van der Waals surface area contributed by atoms with Crippen molar-refractivity contribution in [1.29, 1.82) is 0 Å². The minimum atomic E-state index is -1.68. The Morgan fingerprint density at radius 2 is 0.926 bits per heavy atom. The highest BCUT2D eigenvalue weighted by Crippen LogP contribution is 2.23. The summed E-state index contributed by atoms with van der Waals surface area (Å²) in [7, 11) is 0. The van der Waals surface area contributed by atoms with Crippen LogP contribution < -0.4 is 5.32 Å². The van der Waals surface area contributed by atoms with Crippen LogP contribution in [0.25, 0.3) is 0 Å². The van der Waals surface area contributed by atoms with Gasteiger partial charge >= 0.3 is 0 Å². The molecule has 68 heavy (non-hydrogen) atoms. The van der Waals surface area contributed by atoms with Gasteiger partial charge in [-0.05, 0) is 96.3 Å². The monoisotopic (exact) mass is 962 g/mol. The van der Waals surface area contributed by atoms with Gasteiger partial charge in [0.1, 0.15) is 36.6 Å². The molecule has 1 fully saturated rings. The summed E-state index contributed by atoms with van der Waals surface area (Å²) in [5.41, 5.74) is 0. The van der Waals surface area contributed by atoms with E-state index in [1.807, 2.05) is 0 Å². The lowest BCUT2D eigenvalue weighted by Crippen LogP contribution is -2.60. The molecular weight excluding hydrogens is 859 g/mol. The highest BCUT2D eigenvalue weighted by molar-refractivity contribution is 5.80. The van der Waals surface area contributed by atoms with E-state index in [4.69, 9.17) is 9.47 Å². The van der Waals surface area contributed by atoms with Crippen LogP contribution in [0.15, 0.2) is 60.8 Å². The van der Waals surface area contributed by atoms with Gasteiger partial charge in [-0.3, -0.25) is 4.79 Å². The third-order valence-corrected chi connectivity index (χ3v) is 13.0. The molecule has 8 N–H and O–H groups in total. The maximum absolute atomic E-state index is 13.2. The first kappa shape index (κ1) is 63.8. The van der Waals surface area contributed by atoms with Crippen molar-refractivity contribution in [2.24, 2.45) is 0 Å². The normalized spacial score (nSPS) is 21.0. The van der Waals surface area contributed by atoms with Crippen LogP contribution in [0, 0.1) is 0 Å². The minimum absolute atomic E-state index is 0.235. The zero-order chi connectivity index (χ0) is 49.7. The Morgan fingerprint density at radius 1 is 0.515 bits per heavy atom. The summed E-state index contributed by atoms with van der Waals surface area (Å²) in [6.45, 7) is 3.42. The molecule has 396 valence electrons. The molecule has 0 aliphatic carbocycles. The van der Waals surface area contributed by atoms with Crippen LogP contribution in [-0.4, -0.2) is 110 Å². The van der Waals surface area contributed by atoms with E-state index in [2.05, 4.69) is 79.9 Å². The number of carbonyl (C=O) groups is 1. The summed E-state index contributed by atoms with van der Waals surface area (Å²) in [5.74, 6) is -0.722. The summed E-state index contributed by atoms with van der Waals surface area (Å²) in [6, 6.07) is -1.20. The highest BCUT2D eigenvalue weighted by atomic mass is 16.7. The largest absolute Gasteiger partial charge is 0.394 e. The van der Waals surface area contributed by atoms with Gasteiger partial charge in [0.2, 0.25) is 5.91 Å². The number of unbranched alkanes of at least 4 members (excludes halogenated alkanes) is 24. The molecule has 1 aliphatic heterocycles. The molecule has 11 nitrogen and oxygen atoms in total. The molecule has 0 radical (unpaired) electrons. The van der Waals surface area contributed by atoms with Crippen LogP contribution in [0.4, 0.5) is 0 Å². The van der Waals surface area contributed by atoms with Crippen LogP contribution in [0.5, 0.6) is 0 Å². The molecule has 0 saturated carbocycles. The van der Waals surface area contributed by atoms with E-state index in [0.29, 0.717) is 19.3 Å². The molecule has 0 aromatic heterocycles. The van der Waals surface area contributed by atoms with Gasteiger partial charge in [0, 0.05) is 0 Å². The maximum Gasteiger partial charge on any atom is 0.249 e. The van der Waals surface area contributed by atoms with Gasteiger partial charge in [-0.15, -0.1) is 0 Å². The summed E-state index contributed by atoms with van der Waals surface area (Å²) < 4.78 is 11.1. The minimum Gasteiger partial charge on any atom is -0.394 e. The van der Waals surface area contributed by atoms with Gasteiger partial charge in [0.05, 0.1) is 25.4 Å². The number of aliphatic hydroxyl groups is 7. The van der Waals surface area contributed by atoms with Crippen molar-refractivity contribution in [1.82, 2.24) is 5.32 Å². The molecule has 0 spiro atoms. The van der Waals surface area contributed by atoms with E-state index < -0.39 is 74.2 Å². The van der Waals surface area contributed by atoms with Gasteiger partial charge < -0.3 is 50.5 Å². The topological polar surface area (TPSA) is 189 Å². The summed E-state index contributed by atoms with van der Waals surface area (Å²) in [5, 5.41) is 76.0. The lowest BCUT2D eigenvalue weighted by molar-refractivity contribution is -0.303. The van der Waals surface area contributed by atoms with Crippen LogP contribution >= 0.6 is 0 Å². The number of allylic oxidation sites excluding steroid dienone is 10. The average molecular weight is 962 g/mol. The molecule has 1 rings (SSSR count). The Morgan fingerprint density at radius 3 is 1.40 bits per heavy atom. The van der Waals surface area contributed by atoms with E-state index in [1.165, 1.54) is 109 Å². The summed E-state index contributed by atoms with van der Waals surface area (Å²) >= 11 is 0. The van der Waals surface area contributed by atoms with Crippen molar-refractivity contribution in [2.45, 2.75) is 281 Å². The number of nitrogens with one attached hydrogen (secondary N) is 1. The Hall–Kier alpha value is -2.19. The van der Waals surface area contributed by atoms with Crippen LogP contribution in [0.1, 0.15) is 226 Å². The molecule has 1 amide bonds. The molecule has 0 aromatic rings. The highest BCUT2D eigenvalue weighted by Gasteiger charge is 2.44. The molecule has 1 saturated heterocycles. The van der Waals surface area contributed by atoms with E-state index in [9.17, 15) is 40.5 Å². The van der Waals surface area contributed by atoms with Crippen molar-refractivity contribution in [3.63, 3.8) is 0 Å². The standard InChI is InChI=1S/C57H103NO10/c1-3-5-7-9-11-13-15-17-19-21-23-24-25-27-29-31-33-35-37-39-41-43-45-50(61)56(66)58-48(47-67-57-55(65)54(64)53(63)51(46-59)68-57)52(62)49(60)44-42-40-38-36-34-32-30-28-26-22-20-18-16-14-12-10-8-6-4-2/h18,20,23-24,27-30,36,38,48-55,57,59-65H,3-17,19,21-22,25-26,31-35,37,39-47H2,1-2H3,(H,58,66)/b20-18+,24-23-,29-27-,30-28+,38-36+. The second-order valence-electron chi connectivity index (χ2n) is 19.3. The first-order valence-electron chi connectivity index (χ1n) is 27.7. The smallest absolute Gasteiger partial charge is 0.249 e. The molecule has 1 aliphatic rings. The fraction of sp³-hybridized carbons (Fsp3) is 0.807. The van der Waals surface area contributed by atoms with Gasteiger partial charge in [-0.25, -0.2) is 0 Å². The number of carbonyl (C=O) groups excluding carboxylic acids is 1. The van der Waals surface area contributed by atoms with Crippen LogP contribution in [-0.2, 0) is 14.3 Å². The van der Waals surface area contributed by atoms with Crippen molar-refractivity contribution < 1.29 is 50.0 Å². The first-order valence-corrected chi connectivity index (χ1v) is 27.7. The number of aliphatic hydroxyl groups excluding tert-OH is 7. The van der Waals surface area contributed by atoms with Crippen molar-refractivity contribution >= 4 is 5.91 Å². The maximum atomic E-state index is 13.2. The van der Waals surface area contributed by atoms with E-state index in [0.717, 1.165) is 70.6 Å². The molecular formula is C57H103NO10. The number of hydrogen-bond donors (Lipinski definition) is 8. The average Bonchev–Trinajstić information content (AvgIpc) is 3.34. The summed E-state index contributed by atoms with van der Waals surface area (Å²) in [4.78, 5) is 13.2. The van der Waals surface area contributed by atoms with Crippen LogP contribution in [0.2, 0.25) is 0 Å². The molecule has 0 aromatic carbocycles. The zero-order valence-corrected chi connectivity index (χ0v) is 43.1. The second-order valence-corrected chi connectivity index (χ2v) is 19.3. The quantitative estimate of drug-likeness (QED) is 0.0215. The van der Waals surface area contributed by atoms with Crippen molar-refractivity contribution in [3.05, 3.63) is 60.8 Å². The van der Waals surface area contributed by atoms with E-state index in [1.54, 1.807) is 0 Å². The Kier molecular flexibility index (Phi) is 43.1. The Bertz CT molecular complexity index is 1290. The number of rotatable bonds is 46. The molecule has 11 heteroatoms. The van der Waals surface area contributed by atoms with Crippen molar-refractivity contribution in [2.75, 3.05) is 13.2 Å². The lowest BCUT2D eigenvalue weighted by Gasteiger charge is -2.40. The molecule has 1 heterocycles. The van der Waals surface area contributed by atoms with Gasteiger partial charge in [0.15, 0.2) is 6.29 Å². The predicted molar refractivity (Wildman–Crippen MR) is 279 cm³/mol. The summed E-state index contributed by atoms with van der Waals surface area (Å²) in [6.07, 6.45) is 46.9. The number of amides is 1. The lowest BCUT2D eigenvalue weighted by atomic mass is 9.98. The predicted octanol–water partition coefficient (Wildman–Crippen LogP) is 11.1. The third kappa shape index (κ3) is 34.2. The van der Waals surface area contributed by atoms with Gasteiger partial charge in [-0.2, -0.15) is 0 Å². The Labute approximate surface area is 414 Å². The fourth-order valence-corrected chi connectivity index (χ4v) is 8.44. The fourth-order valence-electron chi connectivity index (χ4n) is 8.44. The third-order valence-electron chi connectivity index (χ3n) is 13.0. The number of ether oxygens (including phenoxy) is 2. The molecule has 9 atom stereocenters. The Balaban J connectivity index is 2.40. The number of hydrogen-bond acceptors (Lipinski definition) is 10. The second kappa shape index (κ2) is 45.9. The molecule has 0 bridgehead atoms.